The summed E-state index contributed by atoms with van der Waals surface area (Å²) in [5.41, 5.74) is 6.21. The van der Waals surface area contributed by atoms with Gasteiger partial charge in [-0.2, -0.15) is 5.10 Å². The summed E-state index contributed by atoms with van der Waals surface area (Å²) in [4.78, 5) is 11.3. The molecule has 88 valence electrons. The van der Waals surface area contributed by atoms with Gasteiger partial charge in [-0.15, -0.1) is 24.8 Å². The molecule has 0 spiro atoms. The molecule has 0 radical (unpaired) electrons. The molecule has 0 saturated carbocycles. The van der Waals surface area contributed by atoms with Crippen molar-refractivity contribution in [1.29, 1.82) is 0 Å². The predicted molar refractivity (Wildman–Crippen MR) is 61.5 cm³/mol. The van der Waals surface area contributed by atoms with E-state index in [0.29, 0.717) is 13.0 Å². The zero-order valence-corrected chi connectivity index (χ0v) is 9.94. The standard InChI is InChI=1S/C8H13N3O2.2ClH/c1-13-8(12)7(2-3-9)6-4-10-11-5-6;;/h4-5,7H,2-3,9H2,1H3,(H,10,11);2*1H. The molecular weight excluding hydrogens is 241 g/mol. The van der Waals surface area contributed by atoms with E-state index in [1.807, 2.05) is 0 Å². The van der Waals surface area contributed by atoms with Crippen LogP contribution in [0, 0.1) is 0 Å². The van der Waals surface area contributed by atoms with Crippen LogP contribution in [0.2, 0.25) is 0 Å². The fourth-order valence-electron chi connectivity index (χ4n) is 1.18. The Morgan fingerprint density at radius 3 is 2.73 bits per heavy atom. The van der Waals surface area contributed by atoms with Crippen molar-refractivity contribution in [3.63, 3.8) is 0 Å². The van der Waals surface area contributed by atoms with Crippen LogP contribution in [0.5, 0.6) is 0 Å². The number of halogens is 2. The number of carbonyl (C=O) groups is 1. The van der Waals surface area contributed by atoms with E-state index in [0.717, 1.165) is 5.56 Å². The molecule has 1 unspecified atom stereocenters. The van der Waals surface area contributed by atoms with Crippen LogP contribution in [-0.2, 0) is 9.53 Å². The fraction of sp³-hybridized carbons (Fsp3) is 0.500. The third kappa shape index (κ3) is 4.51. The summed E-state index contributed by atoms with van der Waals surface area (Å²) < 4.78 is 4.65. The summed E-state index contributed by atoms with van der Waals surface area (Å²) in [6, 6.07) is 0. The number of esters is 1. The lowest BCUT2D eigenvalue weighted by molar-refractivity contribution is -0.142. The maximum Gasteiger partial charge on any atom is 0.313 e. The number of aromatic nitrogens is 2. The van der Waals surface area contributed by atoms with E-state index < -0.39 is 0 Å². The molecular formula is C8H15Cl2N3O2. The second-order valence-corrected chi connectivity index (χ2v) is 2.68. The first-order valence-corrected chi connectivity index (χ1v) is 4.06. The number of ether oxygens (including phenoxy) is 1. The van der Waals surface area contributed by atoms with Gasteiger partial charge in [-0.1, -0.05) is 0 Å². The molecule has 0 aliphatic rings. The van der Waals surface area contributed by atoms with Crippen molar-refractivity contribution >= 4 is 30.8 Å². The summed E-state index contributed by atoms with van der Waals surface area (Å²) in [5.74, 6) is -0.569. The Kier molecular flexibility index (Phi) is 9.46. The Labute approximate surface area is 101 Å². The maximum atomic E-state index is 11.3. The third-order valence-electron chi connectivity index (χ3n) is 1.86. The van der Waals surface area contributed by atoms with Crippen LogP contribution >= 0.6 is 24.8 Å². The summed E-state index contributed by atoms with van der Waals surface area (Å²) >= 11 is 0. The molecule has 0 aromatic carbocycles. The average Bonchev–Trinajstić information content (AvgIpc) is 2.65. The van der Waals surface area contributed by atoms with Crippen molar-refractivity contribution in [3.8, 4) is 0 Å². The van der Waals surface area contributed by atoms with Crippen LogP contribution < -0.4 is 5.73 Å². The summed E-state index contributed by atoms with van der Waals surface area (Å²) in [6.45, 7) is 0.449. The lowest BCUT2D eigenvalue weighted by Crippen LogP contribution is -2.17. The highest BCUT2D eigenvalue weighted by Crippen LogP contribution is 2.18. The molecule has 15 heavy (non-hydrogen) atoms. The highest BCUT2D eigenvalue weighted by atomic mass is 35.5. The second-order valence-electron chi connectivity index (χ2n) is 2.68. The predicted octanol–water partition coefficient (Wildman–Crippen LogP) is 0.859. The Balaban J connectivity index is 0. The molecule has 1 aromatic heterocycles. The number of nitrogens with one attached hydrogen (secondary N) is 1. The van der Waals surface area contributed by atoms with E-state index in [2.05, 4.69) is 14.9 Å². The molecule has 0 aliphatic carbocycles. The number of methoxy groups -OCH3 is 1. The van der Waals surface area contributed by atoms with Gasteiger partial charge in [0, 0.05) is 11.8 Å². The minimum atomic E-state index is -0.297. The van der Waals surface area contributed by atoms with Crippen molar-refractivity contribution in [2.45, 2.75) is 12.3 Å². The largest absolute Gasteiger partial charge is 0.469 e. The van der Waals surface area contributed by atoms with Gasteiger partial charge in [0.1, 0.15) is 0 Å². The van der Waals surface area contributed by atoms with Crippen LogP contribution in [0.4, 0.5) is 0 Å². The molecule has 1 rings (SSSR count). The molecule has 3 N–H and O–H groups in total. The van der Waals surface area contributed by atoms with Gasteiger partial charge in [-0.3, -0.25) is 9.89 Å². The molecule has 0 saturated heterocycles. The Morgan fingerprint density at radius 2 is 2.33 bits per heavy atom. The topological polar surface area (TPSA) is 81.0 Å². The van der Waals surface area contributed by atoms with Gasteiger partial charge in [0.05, 0.1) is 19.2 Å². The minimum absolute atomic E-state index is 0. The average molecular weight is 256 g/mol. The zero-order chi connectivity index (χ0) is 9.68. The number of aromatic amines is 1. The lowest BCUT2D eigenvalue weighted by atomic mass is 9.99. The maximum absolute atomic E-state index is 11.3. The molecule has 1 aromatic rings. The zero-order valence-electron chi connectivity index (χ0n) is 8.30. The highest BCUT2D eigenvalue weighted by Gasteiger charge is 2.20. The van der Waals surface area contributed by atoms with Gasteiger partial charge in [0.2, 0.25) is 0 Å². The molecule has 0 bridgehead atoms. The third-order valence-corrected chi connectivity index (χ3v) is 1.86. The molecule has 7 heteroatoms. The number of nitrogens with zero attached hydrogens (tertiary/aromatic N) is 1. The monoisotopic (exact) mass is 255 g/mol. The Bertz CT molecular complexity index is 267. The lowest BCUT2D eigenvalue weighted by Gasteiger charge is -2.10. The first-order chi connectivity index (χ1) is 6.29. The smallest absolute Gasteiger partial charge is 0.313 e. The Hall–Kier alpha value is -0.780. The number of hydrogen-bond donors (Lipinski definition) is 2. The van der Waals surface area contributed by atoms with Crippen LogP contribution in [0.1, 0.15) is 17.9 Å². The first kappa shape index (κ1) is 16.6. The molecule has 1 atom stereocenters. The molecule has 0 fully saturated rings. The van der Waals surface area contributed by atoms with E-state index in [1.54, 1.807) is 12.4 Å². The number of nitrogens with two attached hydrogens (primary N) is 1. The summed E-state index contributed by atoms with van der Waals surface area (Å²) in [5, 5.41) is 6.42. The van der Waals surface area contributed by atoms with E-state index in [1.165, 1.54) is 7.11 Å². The van der Waals surface area contributed by atoms with Gasteiger partial charge in [-0.25, -0.2) is 0 Å². The van der Waals surface area contributed by atoms with Crippen molar-refractivity contribution in [3.05, 3.63) is 18.0 Å². The summed E-state index contributed by atoms with van der Waals surface area (Å²) in [7, 11) is 1.37. The van der Waals surface area contributed by atoms with Crippen LogP contribution in [0.25, 0.3) is 0 Å². The van der Waals surface area contributed by atoms with Crippen molar-refractivity contribution < 1.29 is 9.53 Å². The van der Waals surface area contributed by atoms with E-state index in [4.69, 9.17) is 5.73 Å². The van der Waals surface area contributed by atoms with Crippen LogP contribution in [0.3, 0.4) is 0 Å². The summed E-state index contributed by atoms with van der Waals surface area (Å²) in [6.07, 6.45) is 3.86. The quantitative estimate of drug-likeness (QED) is 0.783. The normalized spacial score (nSPS) is 10.8. The SMILES string of the molecule is COC(=O)C(CCN)c1cn[nH]c1.Cl.Cl. The Morgan fingerprint density at radius 1 is 1.67 bits per heavy atom. The molecule has 1 heterocycles. The van der Waals surface area contributed by atoms with Crippen LogP contribution in [0.15, 0.2) is 12.4 Å². The van der Waals surface area contributed by atoms with Gasteiger partial charge in [0.25, 0.3) is 0 Å². The minimum Gasteiger partial charge on any atom is -0.469 e. The van der Waals surface area contributed by atoms with Gasteiger partial charge in [-0.05, 0) is 13.0 Å². The van der Waals surface area contributed by atoms with Gasteiger partial charge >= 0.3 is 5.97 Å². The number of hydrogen-bond acceptors (Lipinski definition) is 4. The first-order valence-electron chi connectivity index (χ1n) is 4.06. The van der Waals surface area contributed by atoms with E-state index >= 15 is 0 Å². The van der Waals surface area contributed by atoms with E-state index in [-0.39, 0.29) is 36.7 Å². The fourth-order valence-corrected chi connectivity index (χ4v) is 1.18. The second kappa shape index (κ2) is 8.52. The van der Waals surface area contributed by atoms with E-state index in [9.17, 15) is 4.79 Å². The van der Waals surface area contributed by atoms with Gasteiger partial charge in [0.15, 0.2) is 0 Å². The van der Waals surface area contributed by atoms with Gasteiger partial charge < -0.3 is 10.5 Å². The molecule has 5 nitrogen and oxygen atoms in total. The van der Waals surface area contributed by atoms with Crippen molar-refractivity contribution in [1.82, 2.24) is 10.2 Å². The van der Waals surface area contributed by atoms with Crippen molar-refractivity contribution in [2.24, 2.45) is 5.73 Å². The van der Waals surface area contributed by atoms with Crippen LogP contribution in [-0.4, -0.2) is 29.8 Å². The number of rotatable bonds is 4. The number of carbonyl (C=O) groups excluding carboxylic acids is 1. The highest BCUT2D eigenvalue weighted by molar-refractivity contribution is 5.85. The molecule has 0 amide bonds. The number of H-pyrrole nitrogens is 1. The molecule has 0 aliphatic heterocycles. The van der Waals surface area contributed by atoms with Crippen molar-refractivity contribution in [2.75, 3.05) is 13.7 Å².